The van der Waals surface area contributed by atoms with Crippen LogP contribution in [0.3, 0.4) is 0 Å². The predicted octanol–water partition coefficient (Wildman–Crippen LogP) is 5.83. The molecule has 8 heteroatoms. The number of carbonyl (C=O) groups is 1. The summed E-state index contributed by atoms with van der Waals surface area (Å²) in [5.74, 6) is 0.540. The van der Waals surface area contributed by atoms with Crippen molar-refractivity contribution in [2.45, 2.75) is 31.0 Å². The van der Waals surface area contributed by atoms with E-state index in [0.717, 1.165) is 27.8 Å². The molecule has 1 amide bonds. The van der Waals surface area contributed by atoms with Gasteiger partial charge in [0.25, 0.3) is 11.1 Å². The third-order valence-electron chi connectivity index (χ3n) is 4.58. The standard InChI is InChI=1S/C22H20ClN3O2S2/c1-14(11-12-15-7-3-2-4-8-15)24-18(27)13-29-22-26-25-21(28-22)20-19(23)16-9-5-6-10-17(16)30-20/h2-10,14H,11-13H2,1H3,(H,24,27)/t14-/m0/s1. The normalized spacial score (nSPS) is 12.2. The van der Waals surface area contributed by atoms with Crippen LogP contribution >= 0.6 is 34.7 Å². The van der Waals surface area contributed by atoms with E-state index in [9.17, 15) is 4.79 Å². The van der Waals surface area contributed by atoms with Crippen molar-refractivity contribution in [2.24, 2.45) is 0 Å². The van der Waals surface area contributed by atoms with Gasteiger partial charge in [-0.15, -0.1) is 21.5 Å². The second-order valence-electron chi connectivity index (χ2n) is 6.90. The summed E-state index contributed by atoms with van der Waals surface area (Å²) in [6.45, 7) is 2.01. The molecule has 30 heavy (non-hydrogen) atoms. The zero-order valence-electron chi connectivity index (χ0n) is 16.3. The molecule has 0 saturated carbocycles. The molecule has 2 heterocycles. The van der Waals surface area contributed by atoms with Crippen molar-refractivity contribution in [2.75, 3.05) is 5.75 Å². The number of halogens is 1. The first-order valence-corrected chi connectivity index (χ1v) is 11.7. The number of hydrogen-bond acceptors (Lipinski definition) is 6. The molecule has 154 valence electrons. The number of nitrogens with one attached hydrogen (secondary N) is 1. The lowest BCUT2D eigenvalue weighted by molar-refractivity contribution is -0.119. The maximum absolute atomic E-state index is 12.2. The van der Waals surface area contributed by atoms with Gasteiger partial charge in [-0.05, 0) is 31.4 Å². The van der Waals surface area contributed by atoms with Gasteiger partial charge in [0.15, 0.2) is 0 Å². The van der Waals surface area contributed by atoms with Gasteiger partial charge < -0.3 is 9.73 Å². The molecule has 2 aromatic heterocycles. The first-order valence-electron chi connectivity index (χ1n) is 9.57. The van der Waals surface area contributed by atoms with Crippen molar-refractivity contribution < 1.29 is 9.21 Å². The zero-order chi connectivity index (χ0) is 20.9. The maximum atomic E-state index is 12.2. The maximum Gasteiger partial charge on any atom is 0.277 e. The molecule has 0 aliphatic rings. The van der Waals surface area contributed by atoms with Crippen LogP contribution < -0.4 is 5.32 Å². The fourth-order valence-corrected chi connectivity index (χ4v) is 5.06. The molecule has 1 N–H and O–H groups in total. The molecular weight excluding hydrogens is 438 g/mol. The van der Waals surface area contributed by atoms with Crippen LogP contribution in [0.25, 0.3) is 20.9 Å². The highest BCUT2D eigenvalue weighted by atomic mass is 35.5. The van der Waals surface area contributed by atoms with Crippen molar-refractivity contribution >= 4 is 50.7 Å². The Morgan fingerprint density at radius 2 is 1.93 bits per heavy atom. The van der Waals surface area contributed by atoms with E-state index in [1.807, 2.05) is 49.4 Å². The molecule has 4 rings (SSSR count). The van der Waals surface area contributed by atoms with Crippen LogP contribution in [0.2, 0.25) is 5.02 Å². The van der Waals surface area contributed by atoms with Crippen LogP contribution in [0.5, 0.6) is 0 Å². The highest BCUT2D eigenvalue weighted by Gasteiger charge is 2.18. The Bertz CT molecular complexity index is 1140. The second kappa shape index (κ2) is 9.64. The van der Waals surface area contributed by atoms with Gasteiger partial charge in [-0.1, -0.05) is 71.9 Å². The molecule has 0 bridgehead atoms. The van der Waals surface area contributed by atoms with E-state index >= 15 is 0 Å². The van der Waals surface area contributed by atoms with E-state index in [4.69, 9.17) is 16.0 Å². The molecule has 0 fully saturated rings. The predicted molar refractivity (Wildman–Crippen MR) is 123 cm³/mol. The van der Waals surface area contributed by atoms with Gasteiger partial charge in [0.1, 0.15) is 4.88 Å². The molecule has 0 aliphatic carbocycles. The minimum absolute atomic E-state index is 0.0554. The zero-order valence-corrected chi connectivity index (χ0v) is 18.7. The molecule has 0 unspecified atom stereocenters. The Balaban J connectivity index is 1.29. The summed E-state index contributed by atoms with van der Waals surface area (Å²) in [7, 11) is 0. The number of fused-ring (bicyclic) bond motifs is 1. The molecule has 5 nitrogen and oxygen atoms in total. The summed E-state index contributed by atoms with van der Waals surface area (Å²) < 4.78 is 6.79. The lowest BCUT2D eigenvalue weighted by atomic mass is 10.1. The summed E-state index contributed by atoms with van der Waals surface area (Å²) in [5, 5.41) is 13.1. The van der Waals surface area contributed by atoms with Gasteiger partial charge in [0.2, 0.25) is 5.91 Å². The van der Waals surface area contributed by atoms with Gasteiger partial charge >= 0.3 is 0 Å². The molecule has 0 radical (unpaired) electrons. The molecule has 1 atom stereocenters. The van der Waals surface area contributed by atoms with E-state index in [-0.39, 0.29) is 17.7 Å². The highest BCUT2D eigenvalue weighted by Crippen LogP contribution is 2.41. The first kappa shape index (κ1) is 20.9. The topological polar surface area (TPSA) is 68.0 Å². The summed E-state index contributed by atoms with van der Waals surface area (Å²) >= 11 is 9.20. The quantitative estimate of drug-likeness (QED) is 0.337. The van der Waals surface area contributed by atoms with Gasteiger partial charge in [0.05, 0.1) is 10.8 Å². The van der Waals surface area contributed by atoms with Crippen LogP contribution in [-0.2, 0) is 11.2 Å². The van der Waals surface area contributed by atoms with E-state index in [2.05, 4.69) is 27.6 Å². The summed E-state index contributed by atoms with van der Waals surface area (Å²) in [6.07, 6.45) is 1.81. The smallest absolute Gasteiger partial charge is 0.277 e. The highest BCUT2D eigenvalue weighted by molar-refractivity contribution is 7.99. The van der Waals surface area contributed by atoms with Gasteiger partial charge in [-0.3, -0.25) is 4.79 Å². The average molecular weight is 458 g/mol. The van der Waals surface area contributed by atoms with E-state index in [1.165, 1.54) is 28.7 Å². The number of benzene rings is 2. The van der Waals surface area contributed by atoms with Crippen LogP contribution in [0.15, 0.2) is 64.2 Å². The number of hydrogen-bond donors (Lipinski definition) is 1. The third kappa shape index (κ3) is 5.03. The molecule has 0 aliphatic heterocycles. The van der Waals surface area contributed by atoms with Crippen LogP contribution in [0, 0.1) is 0 Å². The van der Waals surface area contributed by atoms with Crippen molar-refractivity contribution in [3.63, 3.8) is 0 Å². The number of amides is 1. The fourth-order valence-electron chi connectivity index (χ4n) is 3.06. The van der Waals surface area contributed by atoms with E-state index < -0.39 is 0 Å². The van der Waals surface area contributed by atoms with Gasteiger partial charge in [-0.25, -0.2) is 0 Å². The SMILES string of the molecule is C[C@@H](CCc1ccccc1)NC(=O)CSc1nnc(-c2sc3ccccc3c2Cl)o1. The molecular formula is C22H20ClN3O2S2. The lowest BCUT2D eigenvalue weighted by Gasteiger charge is -2.13. The number of aromatic nitrogens is 2. The number of aryl methyl sites for hydroxylation is 1. The van der Waals surface area contributed by atoms with Crippen molar-refractivity contribution in [1.82, 2.24) is 15.5 Å². The van der Waals surface area contributed by atoms with Gasteiger partial charge in [0, 0.05) is 16.1 Å². The summed E-state index contributed by atoms with van der Waals surface area (Å²) in [5.41, 5.74) is 1.27. The molecule has 4 aromatic rings. The van der Waals surface area contributed by atoms with E-state index in [1.54, 1.807) is 0 Å². The first-order chi connectivity index (χ1) is 14.6. The fraction of sp³-hybridized carbons (Fsp3) is 0.227. The number of thioether (sulfide) groups is 1. The Morgan fingerprint density at radius 3 is 2.73 bits per heavy atom. The van der Waals surface area contributed by atoms with Crippen LogP contribution in [0.4, 0.5) is 0 Å². The Hall–Kier alpha value is -2.35. The van der Waals surface area contributed by atoms with Gasteiger partial charge in [-0.2, -0.15) is 0 Å². The third-order valence-corrected chi connectivity index (χ3v) is 7.06. The van der Waals surface area contributed by atoms with Crippen molar-refractivity contribution in [3.05, 3.63) is 65.2 Å². The Labute approximate surface area is 187 Å². The minimum Gasteiger partial charge on any atom is -0.410 e. The lowest BCUT2D eigenvalue weighted by Crippen LogP contribution is -2.34. The van der Waals surface area contributed by atoms with Crippen molar-refractivity contribution in [3.8, 4) is 10.8 Å². The Kier molecular flexibility index (Phi) is 6.72. The second-order valence-corrected chi connectivity index (χ2v) is 9.25. The Morgan fingerprint density at radius 1 is 1.17 bits per heavy atom. The minimum atomic E-state index is -0.0554. The van der Waals surface area contributed by atoms with Crippen molar-refractivity contribution in [1.29, 1.82) is 0 Å². The number of rotatable bonds is 8. The number of thiophene rings is 1. The molecule has 2 aromatic carbocycles. The average Bonchev–Trinajstić information content (AvgIpc) is 3.36. The van der Waals surface area contributed by atoms with Crippen LogP contribution in [-0.4, -0.2) is 27.9 Å². The largest absolute Gasteiger partial charge is 0.410 e. The summed E-state index contributed by atoms with van der Waals surface area (Å²) in [6, 6.07) is 18.2. The summed E-state index contributed by atoms with van der Waals surface area (Å²) in [4.78, 5) is 13.0. The van der Waals surface area contributed by atoms with E-state index in [0.29, 0.717) is 16.1 Å². The number of nitrogens with zero attached hydrogens (tertiary/aromatic N) is 2. The molecule has 0 spiro atoms. The molecule has 0 saturated heterocycles. The van der Waals surface area contributed by atoms with Crippen LogP contribution in [0.1, 0.15) is 18.9 Å². The number of carbonyl (C=O) groups excluding carboxylic acids is 1. The monoisotopic (exact) mass is 457 g/mol.